The number of aromatic nitrogens is 1. The second-order valence-electron chi connectivity index (χ2n) is 13.4. The molecule has 2 aliphatic heterocycles. The highest BCUT2D eigenvalue weighted by Crippen LogP contribution is 2.57. The molecule has 256 valence electrons. The Morgan fingerprint density at radius 2 is 2.00 bits per heavy atom. The first kappa shape index (κ1) is 33.3. The number of aromatic hydroxyl groups is 3. The van der Waals surface area contributed by atoms with Gasteiger partial charge in [0.25, 0.3) is 0 Å². The van der Waals surface area contributed by atoms with Gasteiger partial charge in [-0.3, -0.25) is 4.79 Å². The number of carbonyl (C=O) groups excluding carboxylic acids is 1. The summed E-state index contributed by atoms with van der Waals surface area (Å²) in [5.74, 6) is -0.0592. The van der Waals surface area contributed by atoms with E-state index in [9.17, 15) is 25.2 Å². The number of dihydropyridines is 1. The number of phenols is 3. The molecule has 10 nitrogen and oxygen atoms in total. The van der Waals surface area contributed by atoms with Crippen LogP contribution in [0.2, 0.25) is 0 Å². The molecular weight excluding hydrogens is 610 g/mol. The Bertz CT molecular complexity index is 1680. The zero-order valence-electron chi connectivity index (χ0n) is 27.5. The molecule has 1 aliphatic carbocycles. The molecule has 0 unspecified atom stereocenters. The van der Waals surface area contributed by atoms with E-state index in [0.29, 0.717) is 49.5 Å². The van der Waals surface area contributed by atoms with E-state index in [1.54, 1.807) is 12.1 Å². The summed E-state index contributed by atoms with van der Waals surface area (Å²) in [6, 6.07) is 10.7. The van der Waals surface area contributed by atoms with E-state index in [0.717, 1.165) is 60.9 Å². The monoisotopic (exact) mass is 657 g/mol. The highest BCUT2D eigenvalue weighted by molar-refractivity contribution is 5.83. The van der Waals surface area contributed by atoms with Crippen LogP contribution in [-0.2, 0) is 30.5 Å². The van der Waals surface area contributed by atoms with Crippen LogP contribution in [0.25, 0.3) is 0 Å². The van der Waals surface area contributed by atoms with Gasteiger partial charge in [-0.25, -0.2) is 0 Å². The van der Waals surface area contributed by atoms with Crippen molar-refractivity contribution in [3.8, 4) is 28.7 Å². The molecule has 1 saturated carbocycles. The molecular formula is C38H47N3O7. The fourth-order valence-corrected chi connectivity index (χ4v) is 8.43. The number of Topliss-reactive ketones (excluding diaryl/α,β-unsaturated/α-hetero) is 1. The summed E-state index contributed by atoms with van der Waals surface area (Å²) in [5, 5.41) is 46.4. The lowest BCUT2D eigenvalue weighted by molar-refractivity contribution is -0.133. The quantitative estimate of drug-likeness (QED) is 0.126. The maximum Gasteiger partial charge on any atom is 0.200 e. The smallest absolute Gasteiger partial charge is 0.200 e. The van der Waals surface area contributed by atoms with Crippen molar-refractivity contribution in [1.82, 2.24) is 10.3 Å². The molecule has 3 aliphatic rings. The van der Waals surface area contributed by atoms with Gasteiger partial charge in [0.15, 0.2) is 23.0 Å². The molecule has 8 N–H and O–H groups in total. The number of hydrogen-bond donors (Lipinski definition) is 7. The SMILES string of the molecule is COc1cc(CCC(=O)[C@H]([C@H](O)CCc2ccc(O)c3c2CCCO3)[C@]2(C3=CCNC(N)=C3)CCC[C@H]2Cc2ccc[nH]2)cc(O)c1O. The van der Waals surface area contributed by atoms with Crippen LogP contribution in [0.3, 0.4) is 0 Å². The van der Waals surface area contributed by atoms with Crippen LogP contribution in [0.4, 0.5) is 0 Å². The Labute approximate surface area is 281 Å². The number of rotatable bonds is 13. The predicted molar refractivity (Wildman–Crippen MR) is 182 cm³/mol. The summed E-state index contributed by atoms with van der Waals surface area (Å²) in [7, 11) is 1.41. The van der Waals surface area contributed by atoms with Gasteiger partial charge in [0.1, 0.15) is 5.78 Å². The fraction of sp³-hybridized carbons (Fsp3) is 0.447. The number of aliphatic hydroxyl groups is 1. The van der Waals surface area contributed by atoms with Gasteiger partial charge < -0.3 is 45.9 Å². The molecule has 3 aromatic rings. The molecule has 0 amide bonds. The highest BCUT2D eigenvalue weighted by atomic mass is 16.5. The van der Waals surface area contributed by atoms with Crippen molar-refractivity contribution in [1.29, 1.82) is 0 Å². The predicted octanol–water partition coefficient (Wildman–Crippen LogP) is 4.94. The lowest BCUT2D eigenvalue weighted by atomic mass is 9.58. The average Bonchev–Trinajstić information content (AvgIpc) is 3.76. The number of allylic oxidation sites excluding steroid dienone is 2. The molecule has 0 radical (unpaired) electrons. The number of phenolic OH excluding ortho intramolecular Hbond substituents is 3. The number of carbonyl (C=O) groups is 1. The minimum atomic E-state index is -0.969. The summed E-state index contributed by atoms with van der Waals surface area (Å²) in [5.41, 5.74) is 10.4. The van der Waals surface area contributed by atoms with Gasteiger partial charge >= 0.3 is 0 Å². The Hall–Kier alpha value is -4.57. The molecule has 6 rings (SSSR count). The zero-order valence-corrected chi connectivity index (χ0v) is 27.5. The van der Waals surface area contributed by atoms with Crippen LogP contribution < -0.4 is 20.5 Å². The maximum absolute atomic E-state index is 14.8. The standard InChI is InChI=1S/C38H47N3O7/c1-47-33-20-23(19-32(45)36(33)46)8-11-29(42)35(30(43)12-9-24-10-13-31(44)37-28(24)7-4-18-48-37)38(26-14-17-41-34(39)22-26)15-2-5-25(38)21-27-6-3-16-40-27/h3,6,10,13-14,16,19-20,22,25,30,35,40-41,43-46H,2,4-5,7-9,11-12,15,17-18,21,39H2,1H3/t25-,30+,35+,38+/m0/s1. The van der Waals surface area contributed by atoms with Crippen LogP contribution in [0.1, 0.15) is 60.9 Å². The Kier molecular flexibility index (Phi) is 9.91. The zero-order chi connectivity index (χ0) is 33.8. The van der Waals surface area contributed by atoms with Crippen molar-refractivity contribution in [3.63, 3.8) is 0 Å². The second-order valence-corrected chi connectivity index (χ2v) is 13.4. The van der Waals surface area contributed by atoms with Crippen molar-refractivity contribution >= 4 is 5.78 Å². The molecule has 48 heavy (non-hydrogen) atoms. The molecule has 1 aromatic heterocycles. The number of H-pyrrole nitrogens is 1. The number of aromatic amines is 1. The molecule has 0 bridgehead atoms. The minimum absolute atomic E-state index is 0.0603. The molecule has 0 spiro atoms. The van der Waals surface area contributed by atoms with Crippen molar-refractivity contribution < 1.29 is 34.7 Å². The second kappa shape index (κ2) is 14.3. The number of fused-ring (bicyclic) bond motifs is 1. The normalized spacial score (nSPS) is 21.7. The summed E-state index contributed by atoms with van der Waals surface area (Å²) in [6.45, 7) is 1.09. The van der Waals surface area contributed by atoms with Crippen molar-refractivity contribution in [2.45, 2.75) is 70.3 Å². The molecule has 10 heteroatoms. The van der Waals surface area contributed by atoms with Crippen LogP contribution in [0.15, 0.2) is 66.1 Å². The van der Waals surface area contributed by atoms with Gasteiger partial charge in [0, 0.05) is 35.8 Å². The number of benzene rings is 2. The number of methoxy groups -OCH3 is 1. The summed E-state index contributed by atoms with van der Waals surface area (Å²) < 4.78 is 11.0. The third kappa shape index (κ3) is 6.58. The number of hydrogen-bond acceptors (Lipinski definition) is 9. The topological polar surface area (TPSA) is 170 Å². The molecule has 1 fully saturated rings. The van der Waals surface area contributed by atoms with Gasteiger partial charge in [0.05, 0.1) is 31.6 Å². The maximum atomic E-state index is 14.8. The number of aryl methyl sites for hydroxylation is 2. The van der Waals surface area contributed by atoms with Crippen molar-refractivity contribution in [2.24, 2.45) is 23.0 Å². The Morgan fingerprint density at radius 3 is 2.77 bits per heavy atom. The molecule has 4 atom stereocenters. The van der Waals surface area contributed by atoms with Crippen LogP contribution in [0, 0.1) is 17.3 Å². The molecule has 0 saturated heterocycles. The van der Waals surface area contributed by atoms with Gasteiger partial charge in [0.2, 0.25) is 5.75 Å². The van der Waals surface area contributed by atoms with Crippen molar-refractivity contribution in [3.05, 3.63) is 88.5 Å². The summed E-state index contributed by atoms with van der Waals surface area (Å²) >= 11 is 0. The van der Waals surface area contributed by atoms with E-state index < -0.39 is 17.4 Å². The number of ether oxygens (including phenoxy) is 2. The highest BCUT2D eigenvalue weighted by Gasteiger charge is 2.55. The van der Waals surface area contributed by atoms with E-state index >= 15 is 0 Å². The van der Waals surface area contributed by atoms with E-state index in [-0.39, 0.29) is 41.1 Å². The largest absolute Gasteiger partial charge is 0.504 e. The van der Waals surface area contributed by atoms with Gasteiger partial charge in [-0.2, -0.15) is 0 Å². The van der Waals surface area contributed by atoms with Gasteiger partial charge in [-0.05, 0) is 110 Å². The first-order chi connectivity index (χ1) is 23.2. The first-order valence-electron chi connectivity index (χ1n) is 17.0. The number of ketones is 1. The van der Waals surface area contributed by atoms with Gasteiger partial charge in [-0.1, -0.05) is 18.6 Å². The van der Waals surface area contributed by atoms with Crippen molar-refractivity contribution in [2.75, 3.05) is 20.3 Å². The number of nitrogens with two attached hydrogens (primary N) is 1. The van der Waals surface area contributed by atoms with E-state index in [1.165, 1.54) is 13.2 Å². The minimum Gasteiger partial charge on any atom is -0.504 e. The van der Waals surface area contributed by atoms with E-state index in [1.807, 2.05) is 24.4 Å². The molecule has 3 heterocycles. The van der Waals surface area contributed by atoms with Crippen LogP contribution >= 0.6 is 0 Å². The summed E-state index contributed by atoms with van der Waals surface area (Å²) in [6.07, 6.45) is 11.2. The van der Waals surface area contributed by atoms with E-state index in [2.05, 4.69) is 22.4 Å². The fourth-order valence-electron chi connectivity index (χ4n) is 8.43. The van der Waals surface area contributed by atoms with Gasteiger partial charge in [-0.15, -0.1) is 0 Å². The number of aliphatic hydroxyl groups excluding tert-OH is 1. The first-order valence-corrected chi connectivity index (χ1v) is 17.0. The van der Waals surface area contributed by atoms with E-state index in [4.69, 9.17) is 15.2 Å². The third-order valence-corrected chi connectivity index (χ3v) is 10.6. The lowest BCUT2D eigenvalue weighted by Crippen LogP contribution is -2.48. The van der Waals surface area contributed by atoms with Crippen LogP contribution in [0.5, 0.6) is 28.7 Å². The Balaban J connectivity index is 1.37. The lowest BCUT2D eigenvalue weighted by Gasteiger charge is -2.46. The molecule has 2 aromatic carbocycles. The number of nitrogens with one attached hydrogen (secondary N) is 2. The third-order valence-electron chi connectivity index (χ3n) is 10.6. The average molecular weight is 658 g/mol. The Morgan fingerprint density at radius 1 is 1.15 bits per heavy atom. The summed E-state index contributed by atoms with van der Waals surface area (Å²) in [4.78, 5) is 18.1. The van der Waals surface area contributed by atoms with Crippen LogP contribution in [-0.4, -0.2) is 57.6 Å².